The van der Waals surface area contributed by atoms with Gasteiger partial charge in [0.1, 0.15) is 16.3 Å². The number of aliphatic carboxylic acids is 1. The van der Waals surface area contributed by atoms with E-state index in [9.17, 15) is 74.8 Å². The average Bonchev–Trinajstić information content (AvgIpc) is 3.66. The minimum atomic E-state index is -5.08. The largest absolute Gasteiger partial charge is 0.481 e. The summed E-state index contributed by atoms with van der Waals surface area (Å²) in [6, 6.07) is 9.49. The number of unbranched alkanes of at least 4 members (excludes halogenated alkanes) is 2. The molecule has 0 aromatic heterocycles. The van der Waals surface area contributed by atoms with Gasteiger partial charge in [-0.2, -0.15) is 46.7 Å². The van der Waals surface area contributed by atoms with Crippen molar-refractivity contribution >= 4 is 95.2 Å². The predicted octanol–water partition coefficient (Wildman–Crippen LogP) is 6.50. The first-order valence-electron chi connectivity index (χ1n) is 22.7. The van der Waals surface area contributed by atoms with E-state index in [1.54, 1.807) is 56.4 Å². The molecule has 0 aliphatic carbocycles. The van der Waals surface area contributed by atoms with Crippen LogP contribution in [-0.4, -0.2) is 132 Å². The summed E-state index contributed by atoms with van der Waals surface area (Å²) < 4.78 is 189. The van der Waals surface area contributed by atoms with Crippen molar-refractivity contribution in [3.63, 3.8) is 0 Å². The average molecular weight is 1110 g/mol. The molecule has 398 valence electrons. The second kappa shape index (κ2) is 21.7. The van der Waals surface area contributed by atoms with Crippen molar-refractivity contribution < 1.29 is 88.8 Å². The summed E-state index contributed by atoms with van der Waals surface area (Å²) in [5.41, 5.74) is 0.544. The van der Waals surface area contributed by atoms with Crippen LogP contribution in [-0.2, 0) is 75.7 Å². The Labute approximate surface area is 424 Å². The number of rotatable bonds is 24. The van der Waals surface area contributed by atoms with Crippen LogP contribution in [0.5, 0.6) is 0 Å². The molecular formula is C47H57N2O19S5+. The van der Waals surface area contributed by atoms with Gasteiger partial charge in [-0.3, -0.25) is 27.6 Å². The van der Waals surface area contributed by atoms with Crippen LogP contribution < -0.4 is 4.90 Å². The highest BCUT2D eigenvalue weighted by molar-refractivity contribution is 7.87. The van der Waals surface area contributed by atoms with Crippen molar-refractivity contribution in [3.8, 4) is 0 Å². The Balaban J connectivity index is 1.54. The van der Waals surface area contributed by atoms with Crippen LogP contribution in [0.25, 0.3) is 21.5 Å². The van der Waals surface area contributed by atoms with E-state index in [-0.39, 0.29) is 73.6 Å². The lowest BCUT2D eigenvalue weighted by atomic mass is 9.74. The minimum Gasteiger partial charge on any atom is -0.481 e. The highest BCUT2D eigenvalue weighted by Crippen LogP contribution is 2.54. The van der Waals surface area contributed by atoms with Gasteiger partial charge < -0.3 is 19.5 Å². The quantitative estimate of drug-likeness (QED) is 0.0189. The highest BCUT2D eigenvalue weighted by Gasteiger charge is 2.49. The van der Waals surface area contributed by atoms with Crippen molar-refractivity contribution in [2.75, 3.05) is 50.7 Å². The van der Waals surface area contributed by atoms with Gasteiger partial charge in [0.05, 0.1) is 34.2 Å². The van der Waals surface area contributed by atoms with Crippen LogP contribution in [0, 0.1) is 0 Å². The van der Waals surface area contributed by atoms with Crippen molar-refractivity contribution in [3.05, 3.63) is 95.7 Å². The first-order chi connectivity index (χ1) is 33.9. The molecule has 6 N–H and O–H groups in total. The van der Waals surface area contributed by atoms with Gasteiger partial charge in [-0.05, 0) is 112 Å². The number of fused-ring (bicyclic) bond motifs is 6. The number of hydrogen-bond acceptors (Lipinski definition) is 14. The second-order valence-electron chi connectivity index (χ2n) is 18.0. The van der Waals surface area contributed by atoms with Crippen molar-refractivity contribution in [1.82, 2.24) is 0 Å². The lowest BCUT2D eigenvalue weighted by Gasteiger charge is -2.31. The molecule has 0 saturated carbocycles. The molecule has 6 rings (SSSR count). The van der Waals surface area contributed by atoms with Crippen LogP contribution in [0.4, 0.5) is 11.4 Å². The molecule has 0 bridgehead atoms. The molecule has 0 amide bonds. The Morgan fingerprint density at radius 2 is 1.25 bits per heavy atom. The molecule has 0 radical (unpaired) electrons. The molecule has 0 spiro atoms. The molecule has 0 saturated heterocycles. The van der Waals surface area contributed by atoms with E-state index in [0.717, 1.165) is 12.1 Å². The molecule has 26 heteroatoms. The fourth-order valence-electron chi connectivity index (χ4n) is 10.0. The summed E-state index contributed by atoms with van der Waals surface area (Å²) in [7, 11) is -23.2. The number of allylic oxidation sites excluding steroid dienone is 6. The Morgan fingerprint density at radius 1 is 0.658 bits per heavy atom. The number of nitrogens with zero attached hydrogens (tertiary/aromatic N) is 2. The Hall–Kier alpha value is -4.97. The molecule has 2 aliphatic rings. The fourth-order valence-corrected chi connectivity index (χ4v) is 13.2. The van der Waals surface area contributed by atoms with Crippen LogP contribution in [0.1, 0.15) is 76.8 Å². The normalized spacial score (nSPS) is 19.4. The van der Waals surface area contributed by atoms with Gasteiger partial charge in [0, 0.05) is 72.0 Å². The Bertz CT molecular complexity index is 3570. The molecule has 4 aromatic carbocycles. The van der Waals surface area contributed by atoms with Crippen LogP contribution in [0.2, 0.25) is 0 Å². The molecule has 2 heterocycles. The third-order valence-electron chi connectivity index (χ3n) is 13.2. The van der Waals surface area contributed by atoms with Crippen molar-refractivity contribution in [2.45, 2.75) is 96.1 Å². The molecule has 21 nitrogen and oxygen atoms in total. The van der Waals surface area contributed by atoms with E-state index < -0.39 is 92.7 Å². The van der Waals surface area contributed by atoms with Crippen molar-refractivity contribution in [2.24, 2.45) is 0 Å². The Morgan fingerprint density at radius 3 is 1.78 bits per heavy atom. The minimum absolute atomic E-state index is 0.00279. The summed E-state index contributed by atoms with van der Waals surface area (Å²) >= 11 is 0. The lowest BCUT2D eigenvalue weighted by molar-refractivity contribution is -0.433. The zero-order valence-corrected chi connectivity index (χ0v) is 44.2. The Kier molecular flexibility index (Phi) is 17.0. The number of carboxylic acid groups (broad SMARTS) is 1. The molecule has 0 fully saturated rings. The maximum Gasteiger partial charge on any atom is 0.303 e. The SMILES string of the molecule is CC[N+]1=C(/C=C/C=C/C=C2/N(CCCCCC(=O)O)c3ccc4c(S(=O)(=O)O)cc(S(=O)(=O)O)cc4c3C2(C)CCOCCOC)C(C)(CCCS(=O)(=O)O)c2c1ccc1c(S(=O)(=O)O)cc(S(=O)(=O)O)cc21. The highest BCUT2D eigenvalue weighted by atomic mass is 32.2. The zero-order chi connectivity index (χ0) is 54.1. The third kappa shape index (κ3) is 12.4. The third-order valence-corrected chi connectivity index (χ3v) is 17.5. The number of methoxy groups -OCH3 is 1. The lowest BCUT2D eigenvalue weighted by Crippen LogP contribution is -2.32. The van der Waals surface area contributed by atoms with Gasteiger partial charge in [0.15, 0.2) is 5.71 Å². The van der Waals surface area contributed by atoms with E-state index >= 15 is 0 Å². The number of anilines is 1. The van der Waals surface area contributed by atoms with Gasteiger partial charge in [0.2, 0.25) is 5.69 Å². The number of ether oxygens (including phenoxy) is 2. The van der Waals surface area contributed by atoms with Crippen LogP contribution >= 0.6 is 0 Å². The summed E-state index contributed by atoms with van der Waals surface area (Å²) in [4.78, 5) is 10.1. The number of benzene rings is 4. The number of carboxylic acids is 1. The summed E-state index contributed by atoms with van der Waals surface area (Å²) in [5, 5.41) is 9.28. The van der Waals surface area contributed by atoms with E-state index in [0.29, 0.717) is 71.9 Å². The molecular weight excluding hydrogens is 1060 g/mol. The molecule has 2 aliphatic heterocycles. The van der Waals surface area contributed by atoms with Gasteiger partial charge in [-0.25, -0.2) is 0 Å². The zero-order valence-electron chi connectivity index (χ0n) is 40.1. The molecule has 4 aromatic rings. The van der Waals surface area contributed by atoms with Gasteiger partial charge >= 0.3 is 5.97 Å². The monoisotopic (exact) mass is 1110 g/mol. The van der Waals surface area contributed by atoms with Crippen LogP contribution in [0.3, 0.4) is 0 Å². The van der Waals surface area contributed by atoms with E-state index in [1.807, 2.05) is 16.4 Å². The summed E-state index contributed by atoms with van der Waals surface area (Å²) in [6.07, 6.45) is 9.84. The van der Waals surface area contributed by atoms with E-state index in [4.69, 9.17) is 9.47 Å². The molecule has 2 unspecified atom stereocenters. The van der Waals surface area contributed by atoms with Gasteiger partial charge in [-0.1, -0.05) is 30.7 Å². The molecule has 73 heavy (non-hydrogen) atoms. The maximum absolute atomic E-state index is 12.8. The summed E-state index contributed by atoms with van der Waals surface area (Å²) in [5.74, 6) is -1.63. The summed E-state index contributed by atoms with van der Waals surface area (Å²) in [6.45, 7) is 6.52. The topological polar surface area (TPSA) is 334 Å². The standard InChI is InChI=1S/C47H56N2O19S5/c1-5-48-37-18-16-33-35(27-31(70(55,56)57)29-39(33)72(61,62)63)44(37)46(2,20-12-26-69(52,53)54)41(48)13-8-6-9-14-42-47(3,21-23-68-25-24-67-4)45-36-28-32(71(58,59)60)30-40(73(64,65)66)34(36)17-19-38(45)49(42)22-11-7-10-15-43(50)51/h6,8-9,13-14,16-19,27-30H,5,7,10-12,15,20-26H2,1-4H3,(H5-,50,51,52,53,54,55,56,57,58,59,60,61,62,63,64,65,66)/p+1. The van der Waals surface area contributed by atoms with E-state index in [2.05, 4.69) is 0 Å². The van der Waals surface area contributed by atoms with Crippen LogP contribution in [0.15, 0.2) is 104 Å². The van der Waals surface area contributed by atoms with Crippen molar-refractivity contribution in [1.29, 1.82) is 0 Å². The van der Waals surface area contributed by atoms with Gasteiger partial charge in [-0.15, -0.1) is 0 Å². The molecule has 2 atom stereocenters. The predicted molar refractivity (Wildman–Crippen MR) is 270 cm³/mol. The first-order valence-corrected chi connectivity index (χ1v) is 30.1. The number of hydrogen-bond donors (Lipinski definition) is 6. The van der Waals surface area contributed by atoms with Gasteiger partial charge in [0.25, 0.3) is 50.6 Å². The second-order valence-corrected chi connectivity index (χ2v) is 25.2. The maximum atomic E-state index is 12.8. The smallest absolute Gasteiger partial charge is 0.303 e. The fraction of sp³-hybridized carbons (Fsp3) is 0.404. The first kappa shape index (κ1) is 57.3. The number of carbonyl (C=O) groups is 1. The van der Waals surface area contributed by atoms with E-state index in [1.165, 1.54) is 19.2 Å².